The number of fused-ring (bicyclic) bond motifs is 1. The van der Waals surface area contributed by atoms with Crippen LogP contribution in [0.2, 0.25) is 0 Å². The van der Waals surface area contributed by atoms with Crippen LogP contribution >= 0.6 is 0 Å². The van der Waals surface area contributed by atoms with Crippen molar-refractivity contribution in [3.05, 3.63) is 53.8 Å². The molecule has 0 bridgehead atoms. The number of halogens is 1. The molecule has 0 aliphatic carbocycles. The second-order valence-electron chi connectivity index (χ2n) is 8.00. The molecular formula is C23H27FN2O5. The lowest BCUT2D eigenvalue weighted by Gasteiger charge is -2.27. The van der Waals surface area contributed by atoms with Gasteiger partial charge in [-0.3, -0.25) is 9.69 Å². The summed E-state index contributed by atoms with van der Waals surface area (Å²) in [6.45, 7) is 2.08. The van der Waals surface area contributed by atoms with Crippen molar-refractivity contribution in [1.29, 1.82) is 0 Å². The summed E-state index contributed by atoms with van der Waals surface area (Å²) in [5.41, 5.74) is -0.172. The highest BCUT2D eigenvalue weighted by Gasteiger charge is 2.32. The summed E-state index contributed by atoms with van der Waals surface area (Å²) < 4.78 is 30.1. The van der Waals surface area contributed by atoms with Gasteiger partial charge in [0.25, 0.3) is 0 Å². The van der Waals surface area contributed by atoms with E-state index in [2.05, 4.69) is 5.32 Å². The predicted octanol–water partition coefficient (Wildman–Crippen LogP) is 2.47. The lowest BCUT2D eigenvalue weighted by atomic mass is 9.96. The highest BCUT2D eigenvalue weighted by atomic mass is 19.1. The van der Waals surface area contributed by atoms with Crippen molar-refractivity contribution in [1.82, 2.24) is 10.2 Å². The number of nitrogens with one attached hydrogen (secondary N) is 1. The molecule has 1 fully saturated rings. The number of hydrogen-bond acceptors (Lipinski definition) is 6. The fraction of sp³-hybridized carbons (Fsp3) is 0.435. The second kappa shape index (κ2) is 9.53. The first-order valence-electron chi connectivity index (χ1n) is 10.5. The van der Waals surface area contributed by atoms with Gasteiger partial charge in [-0.15, -0.1) is 0 Å². The second-order valence-corrected chi connectivity index (χ2v) is 8.00. The molecule has 7 nitrogen and oxygen atoms in total. The number of amides is 1. The fourth-order valence-corrected chi connectivity index (χ4v) is 3.89. The minimum Gasteiger partial charge on any atom is -0.488 e. The third-order valence-electron chi connectivity index (χ3n) is 5.66. The van der Waals surface area contributed by atoms with Crippen LogP contribution in [-0.2, 0) is 11.3 Å². The van der Waals surface area contributed by atoms with Gasteiger partial charge in [0.1, 0.15) is 6.61 Å². The smallest absolute Gasteiger partial charge is 0.234 e. The molecule has 4 rings (SSSR count). The van der Waals surface area contributed by atoms with Crippen LogP contribution < -0.4 is 19.5 Å². The lowest BCUT2D eigenvalue weighted by molar-refractivity contribution is -0.122. The van der Waals surface area contributed by atoms with Gasteiger partial charge in [0.2, 0.25) is 12.7 Å². The normalized spacial score (nSPS) is 20.8. The zero-order valence-corrected chi connectivity index (χ0v) is 17.3. The zero-order valence-electron chi connectivity index (χ0n) is 17.3. The van der Waals surface area contributed by atoms with E-state index in [0.717, 1.165) is 12.0 Å². The number of carbonyl (C=O) groups is 1. The SMILES string of the molecule is O=C(CN1CCCC(O)(COc2ccccc2F)CC1)NCc1cccc2c1OCO2. The quantitative estimate of drug-likeness (QED) is 0.703. The monoisotopic (exact) mass is 430 g/mol. The summed E-state index contributed by atoms with van der Waals surface area (Å²) in [5.74, 6) is 0.968. The Morgan fingerprint density at radius 2 is 2.03 bits per heavy atom. The summed E-state index contributed by atoms with van der Waals surface area (Å²) in [7, 11) is 0. The number of likely N-dealkylation sites (tertiary alicyclic amines) is 1. The average Bonchev–Trinajstić information content (AvgIpc) is 3.17. The molecule has 2 aliphatic heterocycles. The third-order valence-corrected chi connectivity index (χ3v) is 5.66. The Balaban J connectivity index is 1.24. The molecule has 2 aromatic carbocycles. The molecule has 0 radical (unpaired) electrons. The van der Waals surface area contributed by atoms with Crippen LogP contribution in [0.3, 0.4) is 0 Å². The molecule has 1 unspecified atom stereocenters. The zero-order chi connectivity index (χ0) is 21.7. The summed E-state index contributed by atoms with van der Waals surface area (Å²) in [5, 5.41) is 13.8. The van der Waals surface area contributed by atoms with Crippen LogP contribution in [0.25, 0.3) is 0 Å². The predicted molar refractivity (Wildman–Crippen MR) is 112 cm³/mol. The number of nitrogens with zero attached hydrogens (tertiary/aromatic N) is 1. The average molecular weight is 430 g/mol. The van der Waals surface area contributed by atoms with E-state index in [0.29, 0.717) is 44.0 Å². The van der Waals surface area contributed by atoms with E-state index in [1.807, 2.05) is 23.1 Å². The molecule has 2 aromatic rings. The van der Waals surface area contributed by atoms with Gasteiger partial charge in [0, 0.05) is 18.7 Å². The highest BCUT2D eigenvalue weighted by Crippen LogP contribution is 2.35. The number of carbonyl (C=O) groups excluding carboxylic acids is 1. The van der Waals surface area contributed by atoms with Gasteiger partial charge >= 0.3 is 0 Å². The molecule has 0 aromatic heterocycles. The molecule has 1 amide bonds. The van der Waals surface area contributed by atoms with Crippen molar-refractivity contribution < 1.29 is 28.5 Å². The van der Waals surface area contributed by atoms with Crippen molar-refractivity contribution in [2.75, 3.05) is 33.0 Å². The molecule has 0 spiro atoms. The molecule has 2 N–H and O–H groups in total. The van der Waals surface area contributed by atoms with Crippen LogP contribution in [0.4, 0.5) is 4.39 Å². The van der Waals surface area contributed by atoms with E-state index < -0.39 is 11.4 Å². The first-order chi connectivity index (χ1) is 15.0. The maximum absolute atomic E-state index is 13.7. The lowest BCUT2D eigenvalue weighted by Crippen LogP contribution is -2.40. The van der Waals surface area contributed by atoms with Crippen LogP contribution in [-0.4, -0.2) is 54.5 Å². The standard InChI is InChI=1S/C23H27FN2O5/c24-18-6-1-2-7-19(18)29-15-23(28)9-4-11-26(12-10-23)14-21(27)25-13-17-5-3-8-20-22(17)31-16-30-20/h1-3,5-8,28H,4,9-16H2,(H,25,27). The molecule has 2 heterocycles. The number of hydrogen-bond donors (Lipinski definition) is 2. The fourth-order valence-electron chi connectivity index (χ4n) is 3.89. The first-order valence-corrected chi connectivity index (χ1v) is 10.5. The van der Waals surface area contributed by atoms with Gasteiger partial charge < -0.3 is 24.6 Å². The van der Waals surface area contributed by atoms with Gasteiger partial charge in [-0.1, -0.05) is 24.3 Å². The summed E-state index contributed by atoms with van der Waals surface area (Å²) in [6.07, 6.45) is 1.71. The van der Waals surface area contributed by atoms with Crippen molar-refractivity contribution >= 4 is 5.91 Å². The van der Waals surface area contributed by atoms with E-state index >= 15 is 0 Å². The number of ether oxygens (including phenoxy) is 3. The Bertz CT molecular complexity index is 925. The molecule has 1 atom stereocenters. The molecule has 0 saturated carbocycles. The van der Waals surface area contributed by atoms with Crippen molar-refractivity contribution in [2.45, 2.75) is 31.4 Å². The van der Waals surface area contributed by atoms with E-state index in [9.17, 15) is 14.3 Å². The molecular weight excluding hydrogens is 403 g/mol. The highest BCUT2D eigenvalue weighted by molar-refractivity contribution is 5.78. The molecule has 2 aliphatic rings. The Morgan fingerprint density at radius 1 is 1.16 bits per heavy atom. The molecule has 31 heavy (non-hydrogen) atoms. The third kappa shape index (κ3) is 5.45. The van der Waals surface area contributed by atoms with Gasteiger partial charge in [0.05, 0.1) is 12.1 Å². The summed E-state index contributed by atoms with van der Waals surface area (Å²) in [4.78, 5) is 14.5. The maximum Gasteiger partial charge on any atom is 0.234 e. The van der Waals surface area contributed by atoms with Crippen molar-refractivity contribution in [3.63, 3.8) is 0 Å². The number of para-hydroxylation sites is 2. The van der Waals surface area contributed by atoms with E-state index in [-0.39, 0.29) is 31.6 Å². The number of benzene rings is 2. The molecule has 1 saturated heterocycles. The van der Waals surface area contributed by atoms with Crippen molar-refractivity contribution in [2.24, 2.45) is 0 Å². The Kier molecular flexibility index (Phi) is 6.58. The van der Waals surface area contributed by atoms with Crippen LogP contribution in [0.5, 0.6) is 17.2 Å². The topological polar surface area (TPSA) is 80.3 Å². The number of aliphatic hydroxyl groups is 1. The summed E-state index contributed by atoms with van der Waals surface area (Å²) in [6, 6.07) is 11.8. The minimum atomic E-state index is -1.05. The largest absolute Gasteiger partial charge is 0.488 e. The summed E-state index contributed by atoms with van der Waals surface area (Å²) >= 11 is 0. The van der Waals surface area contributed by atoms with Gasteiger partial charge in [-0.2, -0.15) is 0 Å². The van der Waals surface area contributed by atoms with Gasteiger partial charge in [-0.25, -0.2) is 4.39 Å². The Morgan fingerprint density at radius 3 is 2.90 bits per heavy atom. The van der Waals surface area contributed by atoms with Crippen LogP contribution in [0.15, 0.2) is 42.5 Å². The van der Waals surface area contributed by atoms with E-state index in [1.54, 1.807) is 18.2 Å². The van der Waals surface area contributed by atoms with Crippen molar-refractivity contribution in [3.8, 4) is 17.2 Å². The van der Waals surface area contributed by atoms with E-state index in [1.165, 1.54) is 6.07 Å². The minimum absolute atomic E-state index is 0.0230. The maximum atomic E-state index is 13.7. The Hall–Kier alpha value is -2.84. The Labute approximate surface area is 180 Å². The first kappa shape index (κ1) is 21.4. The molecule has 166 valence electrons. The van der Waals surface area contributed by atoms with Crippen LogP contribution in [0.1, 0.15) is 24.8 Å². The van der Waals surface area contributed by atoms with E-state index in [4.69, 9.17) is 14.2 Å². The van der Waals surface area contributed by atoms with Gasteiger partial charge in [0.15, 0.2) is 23.1 Å². The number of rotatable bonds is 7. The van der Waals surface area contributed by atoms with Gasteiger partial charge in [-0.05, 0) is 44.0 Å². The molecule has 8 heteroatoms. The van der Waals surface area contributed by atoms with Crippen LogP contribution in [0, 0.1) is 5.82 Å².